The molecular weight excluding hydrogens is 223 g/mol. The highest BCUT2D eigenvalue weighted by atomic mass is 19.1. The van der Waals surface area contributed by atoms with Crippen molar-refractivity contribution >= 4 is 5.69 Å². The summed E-state index contributed by atoms with van der Waals surface area (Å²) >= 11 is 0. The molecule has 5 heteroatoms. The molecule has 1 aromatic carbocycles. The molecule has 1 aliphatic rings. The number of hydrogen-bond acceptors (Lipinski definition) is 3. The van der Waals surface area contributed by atoms with E-state index in [9.17, 15) is 14.5 Å². The summed E-state index contributed by atoms with van der Waals surface area (Å²) in [6.45, 7) is 0. The number of hydrogen-bond donors (Lipinski definition) is 0. The van der Waals surface area contributed by atoms with Gasteiger partial charge in [-0.05, 0) is 24.8 Å². The third-order valence-electron chi connectivity index (χ3n) is 3.33. The Morgan fingerprint density at radius 2 is 2.24 bits per heavy atom. The van der Waals surface area contributed by atoms with Gasteiger partial charge in [-0.3, -0.25) is 10.1 Å². The van der Waals surface area contributed by atoms with Crippen LogP contribution in [0.4, 0.5) is 10.1 Å². The lowest BCUT2D eigenvalue weighted by Crippen LogP contribution is -2.30. The highest BCUT2D eigenvalue weighted by Gasteiger charge is 2.38. The van der Waals surface area contributed by atoms with Crippen LogP contribution in [0.5, 0.6) is 0 Å². The maximum atomic E-state index is 13.8. The summed E-state index contributed by atoms with van der Waals surface area (Å²) in [7, 11) is 0. The van der Waals surface area contributed by atoms with Gasteiger partial charge in [0.05, 0.1) is 16.4 Å². The number of nitriles is 1. The highest BCUT2D eigenvalue weighted by molar-refractivity contribution is 5.38. The third kappa shape index (κ3) is 1.98. The van der Waals surface area contributed by atoms with Crippen molar-refractivity contribution in [3.05, 3.63) is 39.7 Å². The van der Waals surface area contributed by atoms with Crippen molar-refractivity contribution < 1.29 is 9.31 Å². The van der Waals surface area contributed by atoms with Gasteiger partial charge < -0.3 is 0 Å². The van der Waals surface area contributed by atoms with Crippen LogP contribution in [0.2, 0.25) is 0 Å². The van der Waals surface area contributed by atoms with Crippen molar-refractivity contribution in [2.45, 2.75) is 25.7 Å². The van der Waals surface area contributed by atoms with Crippen LogP contribution in [0.3, 0.4) is 0 Å². The van der Waals surface area contributed by atoms with E-state index >= 15 is 0 Å². The van der Waals surface area contributed by atoms with Gasteiger partial charge in [-0.1, -0.05) is 18.6 Å². The van der Waals surface area contributed by atoms with E-state index in [1.165, 1.54) is 12.1 Å². The zero-order chi connectivity index (χ0) is 12.5. The molecule has 1 aliphatic carbocycles. The molecule has 0 aliphatic heterocycles. The Balaban J connectivity index is 2.31. The van der Waals surface area contributed by atoms with E-state index in [2.05, 4.69) is 6.07 Å². The normalized spacial score (nSPS) is 16.9. The average Bonchev–Trinajstić information content (AvgIpc) is 2.25. The topological polar surface area (TPSA) is 66.9 Å². The van der Waals surface area contributed by atoms with Crippen LogP contribution < -0.4 is 0 Å². The van der Waals surface area contributed by atoms with Crippen molar-refractivity contribution in [2.24, 2.45) is 5.41 Å². The lowest BCUT2D eigenvalue weighted by atomic mass is 9.66. The Morgan fingerprint density at radius 3 is 2.71 bits per heavy atom. The first-order chi connectivity index (χ1) is 8.08. The van der Waals surface area contributed by atoms with Gasteiger partial charge in [-0.2, -0.15) is 9.65 Å². The second-order valence-electron chi connectivity index (χ2n) is 4.43. The predicted octanol–water partition coefficient (Wildman–Crippen LogP) is 2.97. The number of rotatable bonds is 3. The first kappa shape index (κ1) is 11.5. The first-order valence-corrected chi connectivity index (χ1v) is 5.41. The van der Waals surface area contributed by atoms with Crippen LogP contribution in [-0.2, 0) is 6.42 Å². The molecule has 0 radical (unpaired) electrons. The minimum Gasteiger partial charge on any atom is -0.258 e. The zero-order valence-electron chi connectivity index (χ0n) is 9.15. The molecule has 1 fully saturated rings. The van der Waals surface area contributed by atoms with Gasteiger partial charge >= 0.3 is 5.69 Å². The Morgan fingerprint density at radius 1 is 1.53 bits per heavy atom. The lowest BCUT2D eigenvalue weighted by molar-refractivity contribution is -0.387. The van der Waals surface area contributed by atoms with Crippen LogP contribution in [0.1, 0.15) is 24.8 Å². The lowest BCUT2D eigenvalue weighted by Gasteiger charge is -2.35. The van der Waals surface area contributed by atoms with Crippen molar-refractivity contribution in [1.82, 2.24) is 0 Å². The zero-order valence-corrected chi connectivity index (χ0v) is 9.15. The van der Waals surface area contributed by atoms with Gasteiger partial charge in [0, 0.05) is 6.07 Å². The fraction of sp³-hybridized carbons (Fsp3) is 0.417. The smallest absolute Gasteiger partial charge is 0.258 e. The van der Waals surface area contributed by atoms with Crippen molar-refractivity contribution in [2.75, 3.05) is 0 Å². The summed E-state index contributed by atoms with van der Waals surface area (Å²) in [5.41, 5.74) is -0.772. The molecule has 4 nitrogen and oxygen atoms in total. The Hall–Kier alpha value is -1.96. The summed E-state index contributed by atoms with van der Waals surface area (Å²) < 4.78 is 13.8. The van der Waals surface area contributed by atoms with Crippen molar-refractivity contribution in [1.29, 1.82) is 5.26 Å². The molecule has 0 bridgehead atoms. The number of nitro benzene ring substituents is 1. The summed E-state index contributed by atoms with van der Waals surface area (Å²) in [6, 6.07) is 6.31. The molecule has 0 atom stereocenters. The molecule has 0 amide bonds. The first-order valence-electron chi connectivity index (χ1n) is 5.41. The van der Waals surface area contributed by atoms with E-state index in [0.717, 1.165) is 25.3 Å². The molecule has 0 heterocycles. The number of nitrogens with zero attached hydrogens (tertiary/aromatic N) is 2. The van der Waals surface area contributed by atoms with E-state index in [-0.39, 0.29) is 12.0 Å². The molecule has 0 aromatic heterocycles. The van der Waals surface area contributed by atoms with Gasteiger partial charge in [-0.15, -0.1) is 0 Å². The van der Waals surface area contributed by atoms with Gasteiger partial charge in [0.15, 0.2) is 0 Å². The molecule has 1 aromatic rings. The minimum atomic E-state index is -0.806. The van der Waals surface area contributed by atoms with Crippen LogP contribution in [-0.4, -0.2) is 4.92 Å². The molecule has 17 heavy (non-hydrogen) atoms. The van der Waals surface area contributed by atoms with Crippen LogP contribution in [0.15, 0.2) is 18.2 Å². The second kappa shape index (κ2) is 4.13. The summed E-state index contributed by atoms with van der Waals surface area (Å²) in [5, 5.41) is 19.7. The maximum Gasteiger partial charge on any atom is 0.305 e. The van der Waals surface area contributed by atoms with E-state index in [0.29, 0.717) is 0 Å². The quantitative estimate of drug-likeness (QED) is 0.596. The molecule has 0 saturated heterocycles. The second-order valence-corrected chi connectivity index (χ2v) is 4.43. The molecule has 0 spiro atoms. The predicted molar refractivity (Wildman–Crippen MR) is 58.7 cm³/mol. The fourth-order valence-electron chi connectivity index (χ4n) is 2.14. The highest BCUT2D eigenvalue weighted by Crippen LogP contribution is 2.43. The Labute approximate surface area is 97.8 Å². The average molecular weight is 234 g/mol. The Bertz CT molecular complexity index is 504. The molecule has 88 valence electrons. The van der Waals surface area contributed by atoms with E-state index in [1.807, 2.05) is 0 Å². The number of nitro groups is 1. The molecule has 1 saturated carbocycles. The molecule has 0 N–H and O–H groups in total. The third-order valence-corrected chi connectivity index (χ3v) is 3.33. The summed E-state index contributed by atoms with van der Waals surface area (Å²) in [5.74, 6) is -0.806. The maximum absolute atomic E-state index is 13.8. The van der Waals surface area contributed by atoms with Crippen LogP contribution in [0, 0.1) is 32.7 Å². The van der Waals surface area contributed by atoms with E-state index in [4.69, 9.17) is 5.26 Å². The number of halogens is 1. The van der Waals surface area contributed by atoms with Crippen LogP contribution in [0.25, 0.3) is 0 Å². The van der Waals surface area contributed by atoms with Gasteiger partial charge in [0.25, 0.3) is 0 Å². The van der Waals surface area contributed by atoms with Crippen molar-refractivity contribution in [3.63, 3.8) is 0 Å². The van der Waals surface area contributed by atoms with E-state index in [1.54, 1.807) is 0 Å². The van der Waals surface area contributed by atoms with Gasteiger partial charge in [0.1, 0.15) is 0 Å². The molecule has 0 unspecified atom stereocenters. The van der Waals surface area contributed by atoms with E-state index < -0.39 is 21.8 Å². The fourth-order valence-corrected chi connectivity index (χ4v) is 2.14. The molecular formula is C12H11FN2O2. The standard InChI is InChI=1S/C12H11FN2O2/c13-11-9(3-1-4-10(11)15(16)17)7-12(8-14)5-2-6-12/h1,3-4H,2,5-7H2. The molecule has 2 rings (SSSR count). The summed E-state index contributed by atoms with van der Waals surface area (Å²) in [4.78, 5) is 9.86. The van der Waals surface area contributed by atoms with Crippen molar-refractivity contribution in [3.8, 4) is 6.07 Å². The summed E-state index contributed by atoms with van der Waals surface area (Å²) in [6.07, 6.45) is 2.71. The van der Waals surface area contributed by atoms with Gasteiger partial charge in [-0.25, -0.2) is 0 Å². The monoisotopic (exact) mass is 234 g/mol. The largest absolute Gasteiger partial charge is 0.305 e. The minimum absolute atomic E-state index is 0.261. The van der Waals surface area contributed by atoms with Gasteiger partial charge in [0.2, 0.25) is 5.82 Å². The number of benzene rings is 1. The Kier molecular flexibility index (Phi) is 2.80. The SMILES string of the molecule is N#CC1(Cc2cccc([N+](=O)[O-])c2F)CCC1. The van der Waals surface area contributed by atoms with Crippen LogP contribution >= 0.6 is 0 Å².